The van der Waals surface area contributed by atoms with Crippen LogP contribution in [0.15, 0.2) is 28.8 Å². The predicted molar refractivity (Wildman–Crippen MR) is 80.2 cm³/mol. The zero-order valence-electron chi connectivity index (χ0n) is 12.3. The second-order valence-corrected chi connectivity index (χ2v) is 4.83. The molecule has 0 aliphatic heterocycles. The molecule has 0 fully saturated rings. The van der Waals surface area contributed by atoms with E-state index in [0.29, 0.717) is 17.2 Å². The normalized spacial score (nSPS) is 10.8. The van der Waals surface area contributed by atoms with Gasteiger partial charge in [0.25, 0.3) is 5.69 Å². The van der Waals surface area contributed by atoms with Crippen LogP contribution >= 0.6 is 0 Å². The Morgan fingerprint density at radius 1 is 1.43 bits per heavy atom. The van der Waals surface area contributed by atoms with Gasteiger partial charge in [0, 0.05) is 23.6 Å². The summed E-state index contributed by atoms with van der Waals surface area (Å²) in [6.45, 7) is 5.68. The molecule has 0 unspecified atom stereocenters. The van der Waals surface area contributed by atoms with E-state index in [-0.39, 0.29) is 10.6 Å². The Morgan fingerprint density at radius 2 is 2.24 bits per heavy atom. The largest absolute Gasteiger partial charge is 0.441 e. The molecule has 0 aliphatic rings. The topological polar surface area (TPSA) is 81.2 Å². The number of hydrogen-bond acceptors (Lipinski definition) is 5. The van der Waals surface area contributed by atoms with Gasteiger partial charge in [0.15, 0.2) is 11.7 Å². The monoisotopic (exact) mass is 289 g/mol. The lowest BCUT2D eigenvalue weighted by molar-refractivity contribution is -0.385. The molecule has 0 bridgehead atoms. The van der Waals surface area contributed by atoms with E-state index in [4.69, 9.17) is 4.42 Å². The minimum Gasteiger partial charge on any atom is -0.441 e. The highest BCUT2D eigenvalue weighted by atomic mass is 16.6. The van der Waals surface area contributed by atoms with Crippen molar-refractivity contribution in [1.29, 1.82) is 0 Å². The Bertz CT molecular complexity index is 622. The molecule has 1 N–H and O–H groups in total. The molecule has 0 atom stereocenters. The number of oxazole rings is 1. The Balaban J connectivity index is 2.07. The van der Waals surface area contributed by atoms with Crippen LogP contribution in [0.5, 0.6) is 0 Å². The highest BCUT2D eigenvalue weighted by molar-refractivity contribution is 5.61. The van der Waals surface area contributed by atoms with E-state index in [0.717, 1.165) is 31.5 Å². The van der Waals surface area contributed by atoms with Crippen LogP contribution in [-0.2, 0) is 6.42 Å². The maximum absolute atomic E-state index is 10.8. The standard InChI is InChI=1S/C15H19N3O3/c1-3-16-8-4-5-15-17-10-14(21-15)12-6-7-13(18(19)20)11(2)9-12/h6-7,9-10,16H,3-5,8H2,1-2H3. The van der Waals surface area contributed by atoms with Gasteiger partial charge in [0.05, 0.1) is 11.1 Å². The summed E-state index contributed by atoms with van der Waals surface area (Å²) in [5, 5.41) is 14.1. The minimum atomic E-state index is -0.383. The Labute approximate surface area is 123 Å². The third-order valence-electron chi connectivity index (χ3n) is 3.23. The molecule has 1 aromatic heterocycles. The van der Waals surface area contributed by atoms with Gasteiger partial charge in [-0.1, -0.05) is 6.92 Å². The molecule has 6 nitrogen and oxygen atoms in total. The fraction of sp³-hybridized carbons (Fsp3) is 0.400. The van der Waals surface area contributed by atoms with Crippen LogP contribution in [0, 0.1) is 17.0 Å². The third-order valence-corrected chi connectivity index (χ3v) is 3.23. The summed E-state index contributed by atoms with van der Waals surface area (Å²) in [5.41, 5.74) is 1.54. The van der Waals surface area contributed by atoms with E-state index in [1.807, 2.05) is 0 Å². The average molecular weight is 289 g/mol. The predicted octanol–water partition coefficient (Wildman–Crippen LogP) is 3.10. The maximum atomic E-state index is 10.8. The molecular weight excluding hydrogens is 270 g/mol. The molecule has 0 spiro atoms. The number of hydrogen-bond donors (Lipinski definition) is 1. The third kappa shape index (κ3) is 3.88. The van der Waals surface area contributed by atoms with E-state index >= 15 is 0 Å². The lowest BCUT2D eigenvalue weighted by Gasteiger charge is -2.00. The quantitative estimate of drug-likeness (QED) is 0.481. The molecule has 2 aromatic rings. The minimum absolute atomic E-state index is 0.115. The van der Waals surface area contributed by atoms with Gasteiger partial charge in [0.1, 0.15) is 0 Å². The van der Waals surface area contributed by atoms with Crippen LogP contribution in [0.2, 0.25) is 0 Å². The smallest absolute Gasteiger partial charge is 0.272 e. The number of aryl methyl sites for hydroxylation is 2. The fourth-order valence-corrected chi connectivity index (χ4v) is 2.11. The van der Waals surface area contributed by atoms with Crippen molar-refractivity contribution in [1.82, 2.24) is 10.3 Å². The Hall–Kier alpha value is -2.21. The molecule has 21 heavy (non-hydrogen) atoms. The summed E-state index contributed by atoms with van der Waals surface area (Å²) in [7, 11) is 0. The van der Waals surface area contributed by atoms with E-state index in [1.165, 1.54) is 6.07 Å². The summed E-state index contributed by atoms with van der Waals surface area (Å²) in [6.07, 6.45) is 3.41. The van der Waals surface area contributed by atoms with E-state index < -0.39 is 0 Å². The molecule has 1 heterocycles. The SMILES string of the molecule is CCNCCCc1ncc(-c2ccc([N+](=O)[O-])c(C)c2)o1. The number of nitro groups is 1. The lowest BCUT2D eigenvalue weighted by atomic mass is 10.1. The molecule has 0 aliphatic carbocycles. The summed E-state index contributed by atoms with van der Waals surface area (Å²) >= 11 is 0. The van der Waals surface area contributed by atoms with Gasteiger partial charge in [-0.3, -0.25) is 10.1 Å². The van der Waals surface area contributed by atoms with Crippen LogP contribution in [0.3, 0.4) is 0 Å². The van der Waals surface area contributed by atoms with E-state index in [2.05, 4.69) is 17.2 Å². The number of nitro benzene ring substituents is 1. The lowest BCUT2D eigenvalue weighted by Crippen LogP contribution is -2.14. The van der Waals surface area contributed by atoms with Gasteiger partial charge in [0.2, 0.25) is 0 Å². The average Bonchev–Trinajstić information content (AvgIpc) is 2.92. The maximum Gasteiger partial charge on any atom is 0.272 e. The zero-order valence-corrected chi connectivity index (χ0v) is 12.3. The molecule has 0 saturated carbocycles. The summed E-state index contributed by atoms with van der Waals surface area (Å²) in [5.74, 6) is 1.34. The van der Waals surface area contributed by atoms with Crippen molar-refractivity contribution in [2.24, 2.45) is 0 Å². The first-order valence-corrected chi connectivity index (χ1v) is 7.02. The number of benzene rings is 1. The van der Waals surface area contributed by atoms with Crippen LogP contribution < -0.4 is 5.32 Å². The number of nitrogens with zero attached hydrogens (tertiary/aromatic N) is 2. The summed E-state index contributed by atoms with van der Waals surface area (Å²) in [4.78, 5) is 14.7. The summed E-state index contributed by atoms with van der Waals surface area (Å²) < 4.78 is 5.70. The molecule has 112 valence electrons. The highest BCUT2D eigenvalue weighted by Gasteiger charge is 2.13. The number of rotatable bonds is 7. The molecule has 2 rings (SSSR count). The van der Waals surface area contributed by atoms with Crippen molar-refractivity contribution in [3.63, 3.8) is 0 Å². The number of nitrogens with one attached hydrogen (secondary N) is 1. The summed E-state index contributed by atoms with van der Waals surface area (Å²) in [6, 6.07) is 4.94. The van der Waals surface area contributed by atoms with Gasteiger partial charge in [-0.25, -0.2) is 4.98 Å². The van der Waals surface area contributed by atoms with Gasteiger partial charge >= 0.3 is 0 Å². The molecular formula is C15H19N3O3. The first kappa shape index (κ1) is 15.2. The first-order chi connectivity index (χ1) is 10.1. The van der Waals surface area contributed by atoms with Crippen LogP contribution in [-0.4, -0.2) is 23.0 Å². The van der Waals surface area contributed by atoms with Gasteiger partial charge < -0.3 is 9.73 Å². The van der Waals surface area contributed by atoms with Crippen LogP contribution in [0.1, 0.15) is 24.8 Å². The second-order valence-electron chi connectivity index (χ2n) is 4.83. The first-order valence-electron chi connectivity index (χ1n) is 7.02. The van der Waals surface area contributed by atoms with Crippen molar-refractivity contribution >= 4 is 5.69 Å². The van der Waals surface area contributed by atoms with Crippen molar-refractivity contribution in [3.8, 4) is 11.3 Å². The molecule has 0 saturated heterocycles. The second kappa shape index (κ2) is 6.99. The van der Waals surface area contributed by atoms with E-state index in [9.17, 15) is 10.1 Å². The van der Waals surface area contributed by atoms with Crippen molar-refractivity contribution in [2.75, 3.05) is 13.1 Å². The Kier molecular flexibility index (Phi) is 5.05. The van der Waals surface area contributed by atoms with E-state index in [1.54, 1.807) is 25.3 Å². The highest BCUT2D eigenvalue weighted by Crippen LogP contribution is 2.26. The zero-order chi connectivity index (χ0) is 15.2. The molecule has 0 amide bonds. The van der Waals surface area contributed by atoms with Crippen LogP contribution in [0.4, 0.5) is 5.69 Å². The molecule has 6 heteroatoms. The molecule has 1 aromatic carbocycles. The van der Waals surface area contributed by atoms with Gasteiger partial charge in [-0.2, -0.15) is 0 Å². The van der Waals surface area contributed by atoms with Gasteiger partial charge in [-0.05, 0) is 38.6 Å². The molecule has 0 radical (unpaired) electrons. The van der Waals surface area contributed by atoms with Crippen molar-refractivity contribution in [3.05, 3.63) is 46.0 Å². The van der Waals surface area contributed by atoms with Crippen molar-refractivity contribution in [2.45, 2.75) is 26.7 Å². The fourth-order valence-electron chi connectivity index (χ4n) is 2.11. The van der Waals surface area contributed by atoms with Crippen molar-refractivity contribution < 1.29 is 9.34 Å². The number of aromatic nitrogens is 1. The Morgan fingerprint density at radius 3 is 2.90 bits per heavy atom. The van der Waals surface area contributed by atoms with Crippen LogP contribution in [0.25, 0.3) is 11.3 Å². The van der Waals surface area contributed by atoms with Gasteiger partial charge in [-0.15, -0.1) is 0 Å².